The van der Waals surface area contributed by atoms with Gasteiger partial charge in [0.15, 0.2) is 0 Å². The minimum absolute atomic E-state index is 0.187. The second-order valence-corrected chi connectivity index (χ2v) is 5.81. The molecule has 0 aromatic carbocycles. The Bertz CT molecular complexity index is 273. The van der Waals surface area contributed by atoms with Crippen LogP contribution in [0.5, 0.6) is 0 Å². The molecule has 0 bridgehead atoms. The van der Waals surface area contributed by atoms with E-state index in [1.807, 2.05) is 11.9 Å². The summed E-state index contributed by atoms with van der Waals surface area (Å²) in [5, 5.41) is 0. The molecule has 19 heavy (non-hydrogen) atoms. The number of ether oxygens (including phenoxy) is 1. The van der Waals surface area contributed by atoms with Crippen LogP contribution in [0.4, 0.5) is 0 Å². The van der Waals surface area contributed by atoms with Crippen molar-refractivity contribution in [3.8, 4) is 0 Å². The summed E-state index contributed by atoms with van der Waals surface area (Å²) >= 11 is 0. The van der Waals surface area contributed by atoms with E-state index in [2.05, 4.69) is 18.7 Å². The van der Waals surface area contributed by atoms with Crippen LogP contribution in [0.3, 0.4) is 0 Å². The Kier molecular flexibility index (Phi) is 7.34. The first-order valence-electron chi connectivity index (χ1n) is 7.32. The third kappa shape index (κ3) is 6.89. The molecule has 0 spiro atoms. The molecular weight excluding hydrogens is 242 g/mol. The molecule has 1 aliphatic rings. The van der Waals surface area contributed by atoms with Gasteiger partial charge < -0.3 is 10.5 Å². The normalized spacial score (nSPS) is 22.6. The van der Waals surface area contributed by atoms with Gasteiger partial charge in [-0.2, -0.15) is 0 Å². The minimum atomic E-state index is -0.285. The van der Waals surface area contributed by atoms with Crippen molar-refractivity contribution in [1.82, 2.24) is 9.80 Å². The molecule has 1 amide bonds. The maximum atomic E-state index is 10.9. The lowest BCUT2D eigenvalue weighted by atomic mass is 10.1. The number of nitrogens with two attached hydrogens (primary N) is 1. The largest absolute Gasteiger partial charge is 0.374 e. The van der Waals surface area contributed by atoms with Crippen molar-refractivity contribution >= 4 is 5.91 Å². The predicted molar refractivity (Wildman–Crippen MR) is 76.9 cm³/mol. The number of amides is 1. The summed E-state index contributed by atoms with van der Waals surface area (Å²) in [6.07, 6.45) is 2.71. The number of nitrogens with zero attached hydrogens (tertiary/aromatic N) is 2. The second kappa shape index (κ2) is 8.51. The first-order chi connectivity index (χ1) is 9.01. The molecule has 2 N–H and O–H groups in total. The second-order valence-electron chi connectivity index (χ2n) is 5.81. The van der Waals surface area contributed by atoms with Crippen molar-refractivity contribution in [2.24, 2.45) is 11.7 Å². The van der Waals surface area contributed by atoms with Gasteiger partial charge in [-0.3, -0.25) is 14.6 Å². The smallest absolute Gasteiger partial charge is 0.231 e. The van der Waals surface area contributed by atoms with Crippen LogP contribution in [0, 0.1) is 5.92 Å². The number of carbonyl (C=O) groups is 1. The summed E-state index contributed by atoms with van der Waals surface area (Å²) in [5.74, 6) is 0.457. The topological polar surface area (TPSA) is 58.8 Å². The summed E-state index contributed by atoms with van der Waals surface area (Å²) in [7, 11) is 1.91. The first kappa shape index (κ1) is 16.4. The van der Waals surface area contributed by atoms with Gasteiger partial charge in [0.2, 0.25) is 5.91 Å². The van der Waals surface area contributed by atoms with Crippen LogP contribution in [-0.4, -0.2) is 68.2 Å². The van der Waals surface area contributed by atoms with Gasteiger partial charge in [-0.25, -0.2) is 0 Å². The van der Waals surface area contributed by atoms with Crippen LogP contribution < -0.4 is 5.73 Å². The van der Waals surface area contributed by atoms with E-state index in [-0.39, 0.29) is 12.0 Å². The lowest BCUT2D eigenvalue weighted by Gasteiger charge is -2.35. The minimum Gasteiger partial charge on any atom is -0.374 e. The fraction of sp³-hybridized carbons (Fsp3) is 0.929. The highest BCUT2D eigenvalue weighted by Gasteiger charge is 2.22. The Morgan fingerprint density at radius 2 is 2.32 bits per heavy atom. The number of carbonyl (C=O) groups excluding carboxylic acids is 1. The van der Waals surface area contributed by atoms with Gasteiger partial charge in [-0.1, -0.05) is 20.3 Å². The molecule has 1 rings (SSSR count). The molecule has 1 aliphatic heterocycles. The number of morpholine rings is 1. The average Bonchev–Trinajstić information content (AvgIpc) is 2.28. The summed E-state index contributed by atoms with van der Waals surface area (Å²) in [6, 6.07) is 0. The molecule has 1 fully saturated rings. The number of primary amides is 1. The van der Waals surface area contributed by atoms with E-state index in [0.29, 0.717) is 6.54 Å². The zero-order valence-corrected chi connectivity index (χ0v) is 12.6. The molecule has 0 aliphatic carbocycles. The molecule has 0 saturated carbocycles. The fourth-order valence-electron chi connectivity index (χ4n) is 2.76. The van der Waals surface area contributed by atoms with E-state index >= 15 is 0 Å². The lowest BCUT2D eigenvalue weighted by Crippen LogP contribution is -2.48. The summed E-state index contributed by atoms with van der Waals surface area (Å²) in [4.78, 5) is 15.3. The Hall–Kier alpha value is -0.650. The molecule has 0 aromatic rings. The maximum absolute atomic E-state index is 10.9. The molecule has 1 heterocycles. The molecule has 0 radical (unpaired) electrons. The van der Waals surface area contributed by atoms with Crippen LogP contribution in [0.2, 0.25) is 0 Å². The van der Waals surface area contributed by atoms with Crippen LogP contribution in [0.25, 0.3) is 0 Å². The number of hydrogen-bond acceptors (Lipinski definition) is 4. The molecule has 5 nitrogen and oxygen atoms in total. The van der Waals surface area contributed by atoms with E-state index in [4.69, 9.17) is 10.5 Å². The number of likely N-dealkylation sites (N-methyl/N-ethyl adjacent to an activating group) is 1. The van der Waals surface area contributed by atoms with Crippen LogP contribution >= 0.6 is 0 Å². The van der Waals surface area contributed by atoms with Crippen molar-refractivity contribution in [3.05, 3.63) is 0 Å². The van der Waals surface area contributed by atoms with E-state index in [0.717, 1.165) is 38.7 Å². The molecule has 1 saturated heterocycles. The Labute approximate surface area is 117 Å². The molecule has 112 valence electrons. The molecular formula is C14H29N3O2. The zero-order chi connectivity index (χ0) is 14.3. The first-order valence-corrected chi connectivity index (χ1v) is 7.32. The molecule has 2 atom stereocenters. The standard InChI is InChI=1S/C14H29N3O2/c1-4-5-12(2)8-17-6-7-19-13(10-17)9-16(3)11-14(15)18/h12-13H,4-11H2,1-3H3,(H2,15,18)/t12-,13-/m0/s1. The van der Waals surface area contributed by atoms with Gasteiger partial charge in [0.25, 0.3) is 0 Å². The average molecular weight is 271 g/mol. The van der Waals surface area contributed by atoms with E-state index in [1.54, 1.807) is 0 Å². The lowest BCUT2D eigenvalue weighted by molar-refractivity contribution is -0.119. The monoisotopic (exact) mass is 271 g/mol. The predicted octanol–water partition coefficient (Wildman–Crippen LogP) is 0.541. The third-order valence-electron chi connectivity index (χ3n) is 3.52. The summed E-state index contributed by atoms with van der Waals surface area (Å²) in [6.45, 7) is 9.51. The van der Waals surface area contributed by atoms with Gasteiger partial charge >= 0.3 is 0 Å². The van der Waals surface area contributed by atoms with Gasteiger partial charge in [0, 0.05) is 26.2 Å². The van der Waals surface area contributed by atoms with Crippen molar-refractivity contribution in [2.45, 2.75) is 32.8 Å². The van der Waals surface area contributed by atoms with Crippen molar-refractivity contribution in [2.75, 3.05) is 46.4 Å². The van der Waals surface area contributed by atoms with Crippen molar-refractivity contribution < 1.29 is 9.53 Å². The highest BCUT2D eigenvalue weighted by molar-refractivity contribution is 5.75. The van der Waals surface area contributed by atoms with E-state index in [9.17, 15) is 4.79 Å². The zero-order valence-electron chi connectivity index (χ0n) is 12.6. The molecule has 0 unspecified atom stereocenters. The number of rotatable bonds is 8. The summed E-state index contributed by atoms with van der Waals surface area (Å²) < 4.78 is 5.77. The number of hydrogen-bond donors (Lipinski definition) is 1. The van der Waals surface area contributed by atoms with Gasteiger partial charge in [-0.05, 0) is 19.4 Å². The molecule has 5 heteroatoms. The van der Waals surface area contributed by atoms with Gasteiger partial charge in [0.05, 0.1) is 19.3 Å². The van der Waals surface area contributed by atoms with Crippen LogP contribution in [-0.2, 0) is 9.53 Å². The van der Waals surface area contributed by atoms with Crippen molar-refractivity contribution in [1.29, 1.82) is 0 Å². The highest BCUT2D eigenvalue weighted by atomic mass is 16.5. The Balaban J connectivity index is 2.31. The van der Waals surface area contributed by atoms with E-state index < -0.39 is 0 Å². The Morgan fingerprint density at radius 1 is 1.58 bits per heavy atom. The van der Waals surface area contributed by atoms with Gasteiger partial charge in [-0.15, -0.1) is 0 Å². The van der Waals surface area contributed by atoms with Crippen LogP contribution in [0.15, 0.2) is 0 Å². The fourth-order valence-corrected chi connectivity index (χ4v) is 2.76. The van der Waals surface area contributed by atoms with E-state index in [1.165, 1.54) is 12.8 Å². The van der Waals surface area contributed by atoms with Crippen molar-refractivity contribution in [3.63, 3.8) is 0 Å². The third-order valence-corrected chi connectivity index (χ3v) is 3.52. The SMILES string of the molecule is CCC[C@H](C)CN1CCO[C@@H](CN(C)CC(N)=O)C1. The highest BCUT2D eigenvalue weighted by Crippen LogP contribution is 2.12. The Morgan fingerprint density at radius 3 is 2.95 bits per heavy atom. The quantitative estimate of drug-likeness (QED) is 0.700. The molecule has 0 aromatic heterocycles. The van der Waals surface area contributed by atoms with Gasteiger partial charge in [0.1, 0.15) is 0 Å². The maximum Gasteiger partial charge on any atom is 0.231 e. The summed E-state index contributed by atoms with van der Waals surface area (Å²) in [5.41, 5.74) is 5.19. The van der Waals surface area contributed by atoms with Crippen LogP contribution in [0.1, 0.15) is 26.7 Å².